The Hall–Kier alpha value is -2.36. The minimum atomic E-state index is -0.714. The molecule has 0 N–H and O–H groups in total. The van der Waals surface area contributed by atoms with Crippen LogP contribution in [0, 0.1) is 6.92 Å². The predicted octanol–water partition coefficient (Wildman–Crippen LogP) is 4.12. The summed E-state index contributed by atoms with van der Waals surface area (Å²) >= 11 is 0. The molecule has 0 saturated heterocycles. The van der Waals surface area contributed by atoms with E-state index in [9.17, 15) is 4.79 Å². The highest BCUT2D eigenvalue weighted by molar-refractivity contribution is 5.90. The molecule has 1 aliphatic carbocycles. The van der Waals surface area contributed by atoms with E-state index in [0.717, 1.165) is 28.3 Å². The topological polar surface area (TPSA) is 48.4 Å². The zero-order valence-corrected chi connectivity index (χ0v) is 15.5. The summed E-state index contributed by atoms with van der Waals surface area (Å²) in [5.41, 5.74) is 3.26. The molecule has 1 aromatic heterocycles. The van der Waals surface area contributed by atoms with E-state index in [-0.39, 0.29) is 11.9 Å². The number of carbonyl (C=O) groups is 1. The van der Waals surface area contributed by atoms with Crippen molar-refractivity contribution >= 4 is 5.97 Å². The van der Waals surface area contributed by atoms with Crippen LogP contribution < -0.4 is 4.74 Å². The summed E-state index contributed by atoms with van der Waals surface area (Å²) in [5.74, 6) is 0.853. The summed E-state index contributed by atoms with van der Waals surface area (Å²) in [4.78, 5) is 17.6. The van der Waals surface area contributed by atoms with Gasteiger partial charge in [0.15, 0.2) is 0 Å². The summed E-state index contributed by atoms with van der Waals surface area (Å²) in [6.45, 7) is 6.26. The number of carbonyl (C=O) groups excluding carboxylic acids is 1. The third kappa shape index (κ3) is 2.90. The molecular formula is C21H25NO3. The maximum absolute atomic E-state index is 12.8. The van der Waals surface area contributed by atoms with Crippen molar-refractivity contribution in [3.63, 3.8) is 0 Å². The van der Waals surface area contributed by atoms with Gasteiger partial charge in [-0.2, -0.15) is 0 Å². The number of hydrogen-bond donors (Lipinski definition) is 0. The standard InChI is InChI=1S/C21H25NO3/c1-13(2)17-7-6-8-18(22-17)16-12-21(16,20(23)25-5)15-11-14(3)9-10-19(15)24-4/h6-11,13,16H,12H2,1-5H3/t16-,21-/m1/s1. The van der Waals surface area contributed by atoms with E-state index in [2.05, 4.69) is 13.8 Å². The van der Waals surface area contributed by atoms with Crippen LogP contribution in [0.25, 0.3) is 0 Å². The van der Waals surface area contributed by atoms with E-state index in [1.54, 1.807) is 7.11 Å². The molecule has 3 rings (SSSR count). The van der Waals surface area contributed by atoms with Crippen molar-refractivity contribution in [1.82, 2.24) is 4.98 Å². The Morgan fingerprint density at radius 2 is 2.00 bits per heavy atom. The van der Waals surface area contributed by atoms with Crippen LogP contribution >= 0.6 is 0 Å². The molecule has 0 spiro atoms. The Balaban J connectivity index is 2.09. The molecule has 1 aromatic carbocycles. The average molecular weight is 339 g/mol. The Kier molecular flexibility index (Phi) is 4.55. The normalized spacial score (nSPS) is 21.9. The predicted molar refractivity (Wildman–Crippen MR) is 97.1 cm³/mol. The SMILES string of the molecule is COC(=O)[C@@]1(c2cc(C)ccc2OC)C[C@@H]1c1cccc(C(C)C)n1. The number of rotatable bonds is 5. The van der Waals surface area contributed by atoms with Crippen molar-refractivity contribution in [3.8, 4) is 5.75 Å². The van der Waals surface area contributed by atoms with Crippen molar-refractivity contribution in [1.29, 1.82) is 0 Å². The van der Waals surface area contributed by atoms with Gasteiger partial charge in [0.05, 0.1) is 14.2 Å². The first kappa shape index (κ1) is 17.5. The molecule has 0 aliphatic heterocycles. The van der Waals surface area contributed by atoms with Crippen molar-refractivity contribution in [2.24, 2.45) is 0 Å². The molecule has 1 fully saturated rings. The fraction of sp³-hybridized carbons (Fsp3) is 0.429. The summed E-state index contributed by atoms with van der Waals surface area (Å²) in [5, 5.41) is 0. The number of aromatic nitrogens is 1. The third-order valence-corrected chi connectivity index (χ3v) is 5.09. The van der Waals surface area contributed by atoms with Gasteiger partial charge in [0.1, 0.15) is 11.2 Å². The Labute approximate surface area is 149 Å². The summed E-state index contributed by atoms with van der Waals surface area (Å²) in [7, 11) is 3.08. The highest BCUT2D eigenvalue weighted by atomic mass is 16.5. The van der Waals surface area contributed by atoms with E-state index in [1.807, 2.05) is 43.3 Å². The molecule has 4 heteroatoms. The molecule has 0 amide bonds. The lowest BCUT2D eigenvalue weighted by atomic mass is 9.90. The number of benzene rings is 1. The lowest BCUT2D eigenvalue weighted by molar-refractivity contribution is -0.143. The Morgan fingerprint density at radius 1 is 1.24 bits per heavy atom. The van der Waals surface area contributed by atoms with Crippen LogP contribution in [0.2, 0.25) is 0 Å². The molecule has 132 valence electrons. The van der Waals surface area contributed by atoms with Crippen LogP contribution in [0.5, 0.6) is 5.75 Å². The third-order valence-electron chi connectivity index (χ3n) is 5.09. The first-order valence-electron chi connectivity index (χ1n) is 8.64. The van der Waals surface area contributed by atoms with Crippen LogP contribution in [0.4, 0.5) is 0 Å². The van der Waals surface area contributed by atoms with Gasteiger partial charge >= 0.3 is 5.97 Å². The smallest absolute Gasteiger partial charge is 0.317 e. The first-order valence-corrected chi connectivity index (χ1v) is 8.64. The quantitative estimate of drug-likeness (QED) is 0.769. The summed E-state index contributed by atoms with van der Waals surface area (Å²) in [6, 6.07) is 12.0. The number of aryl methyl sites for hydroxylation is 1. The monoisotopic (exact) mass is 339 g/mol. The van der Waals surface area contributed by atoms with Crippen molar-refractivity contribution in [3.05, 3.63) is 58.9 Å². The van der Waals surface area contributed by atoms with Gasteiger partial charge in [0, 0.05) is 22.9 Å². The number of pyridine rings is 1. The van der Waals surface area contributed by atoms with Crippen molar-refractivity contribution in [2.75, 3.05) is 14.2 Å². The van der Waals surface area contributed by atoms with Gasteiger partial charge in [0.25, 0.3) is 0 Å². The van der Waals surface area contributed by atoms with Crippen LogP contribution in [-0.2, 0) is 14.9 Å². The molecule has 4 nitrogen and oxygen atoms in total. The summed E-state index contributed by atoms with van der Waals surface area (Å²) in [6.07, 6.45) is 0.689. The van der Waals surface area contributed by atoms with Crippen LogP contribution in [-0.4, -0.2) is 25.2 Å². The first-order chi connectivity index (χ1) is 11.9. The van der Waals surface area contributed by atoms with E-state index >= 15 is 0 Å². The minimum Gasteiger partial charge on any atom is -0.496 e. The fourth-order valence-corrected chi connectivity index (χ4v) is 3.59. The molecule has 0 bridgehead atoms. The van der Waals surface area contributed by atoms with E-state index < -0.39 is 5.41 Å². The molecule has 1 saturated carbocycles. The molecule has 2 aromatic rings. The molecule has 2 atom stereocenters. The van der Waals surface area contributed by atoms with Crippen LogP contribution in [0.3, 0.4) is 0 Å². The maximum atomic E-state index is 12.8. The molecule has 0 radical (unpaired) electrons. The van der Waals surface area contributed by atoms with Crippen LogP contribution in [0.15, 0.2) is 36.4 Å². The summed E-state index contributed by atoms with van der Waals surface area (Å²) < 4.78 is 10.7. The minimum absolute atomic E-state index is 0.00866. The Bertz CT molecular complexity index is 799. The molecule has 25 heavy (non-hydrogen) atoms. The van der Waals surface area contributed by atoms with Gasteiger partial charge in [-0.25, -0.2) is 0 Å². The number of ether oxygens (including phenoxy) is 2. The maximum Gasteiger partial charge on any atom is 0.317 e. The van der Waals surface area contributed by atoms with Crippen molar-refractivity contribution < 1.29 is 14.3 Å². The average Bonchev–Trinajstić information content (AvgIpc) is 3.38. The second-order valence-electron chi connectivity index (χ2n) is 7.07. The van der Waals surface area contributed by atoms with Gasteiger partial charge < -0.3 is 9.47 Å². The zero-order chi connectivity index (χ0) is 18.2. The van der Waals surface area contributed by atoms with Gasteiger partial charge in [-0.05, 0) is 37.5 Å². The second kappa shape index (κ2) is 6.51. The van der Waals surface area contributed by atoms with E-state index in [4.69, 9.17) is 14.5 Å². The second-order valence-corrected chi connectivity index (χ2v) is 7.07. The van der Waals surface area contributed by atoms with Gasteiger partial charge in [-0.1, -0.05) is 37.6 Å². The van der Waals surface area contributed by atoms with Crippen LogP contribution in [0.1, 0.15) is 54.6 Å². The molecule has 0 unspecified atom stereocenters. The number of methoxy groups -OCH3 is 2. The lowest BCUT2D eigenvalue weighted by Gasteiger charge is -2.19. The molecular weight excluding hydrogens is 314 g/mol. The number of hydrogen-bond acceptors (Lipinski definition) is 4. The van der Waals surface area contributed by atoms with Crippen molar-refractivity contribution in [2.45, 2.75) is 44.4 Å². The molecule has 1 aliphatic rings. The van der Waals surface area contributed by atoms with E-state index in [1.165, 1.54) is 7.11 Å². The largest absolute Gasteiger partial charge is 0.496 e. The number of esters is 1. The Morgan fingerprint density at radius 3 is 2.64 bits per heavy atom. The highest BCUT2D eigenvalue weighted by Gasteiger charge is 2.64. The van der Waals surface area contributed by atoms with Gasteiger partial charge in [-0.15, -0.1) is 0 Å². The zero-order valence-electron chi connectivity index (χ0n) is 15.5. The fourth-order valence-electron chi connectivity index (χ4n) is 3.59. The van der Waals surface area contributed by atoms with E-state index in [0.29, 0.717) is 12.3 Å². The lowest BCUT2D eigenvalue weighted by Crippen LogP contribution is -2.25. The van der Waals surface area contributed by atoms with Gasteiger partial charge in [-0.3, -0.25) is 9.78 Å². The highest BCUT2D eigenvalue weighted by Crippen LogP contribution is 2.62. The number of nitrogens with zero attached hydrogens (tertiary/aromatic N) is 1. The molecule has 1 heterocycles. The van der Waals surface area contributed by atoms with Gasteiger partial charge in [0.2, 0.25) is 0 Å².